The van der Waals surface area contributed by atoms with Gasteiger partial charge < -0.3 is 14.3 Å². The van der Waals surface area contributed by atoms with Crippen LogP contribution in [0.1, 0.15) is 54.4 Å². The van der Waals surface area contributed by atoms with Gasteiger partial charge in [0.25, 0.3) is 0 Å². The van der Waals surface area contributed by atoms with Gasteiger partial charge in [-0.15, -0.1) is 21.5 Å². The Kier molecular flexibility index (Phi) is 6.78. The number of hydrogen-bond donors (Lipinski definition) is 1. The second-order valence-electron chi connectivity index (χ2n) is 7.57. The molecule has 0 saturated heterocycles. The maximum atomic E-state index is 12.7. The third-order valence-electron chi connectivity index (χ3n) is 5.38. The van der Waals surface area contributed by atoms with E-state index in [0.29, 0.717) is 15.7 Å². The van der Waals surface area contributed by atoms with Crippen LogP contribution >= 0.6 is 23.1 Å². The SMILES string of the molecule is CCCn1c(SCC(=O)Nc2sc3c(c2C#N)CCCCC3)nnc1-c1ccoc1C. The minimum Gasteiger partial charge on any atom is -0.469 e. The number of amides is 1. The number of hydrogen-bond acceptors (Lipinski definition) is 7. The number of carbonyl (C=O) groups excluding carboxylic acids is 1. The van der Waals surface area contributed by atoms with Gasteiger partial charge in [0.15, 0.2) is 11.0 Å². The zero-order chi connectivity index (χ0) is 21.8. The minimum atomic E-state index is -0.134. The lowest BCUT2D eigenvalue weighted by molar-refractivity contribution is -0.113. The second kappa shape index (κ2) is 9.71. The molecule has 0 radical (unpaired) electrons. The van der Waals surface area contributed by atoms with E-state index in [1.165, 1.54) is 23.1 Å². The summed E-state index contributed by atoms with van der Waals surface area (Å²) < 4.78 is 7.44. The molecule has 3 aromatic heterocycles. The predicted octanol–water partition coefficient (Wildman–Crippen LogP) is 5.19. The van der Waals surface area contributed by atoms with Crippen molar-refractivity contribution >= 4 is 34.0 Å². The van der Waals surface area contributed by atoms with Crippen molar-refractivity contribution in [1.82, 2.24) is 14.8 Å². The monoisotopic (exact) mass is 455 g/mol. The Morgan fingerprint density at radius 1 is 1.35 bits per heavy atom. The Hall–Kier alpha value is -2.57. The van der Waals surface area contributed by atoms with Gasteiger partial charge in [0.05, 0.1) is 23.1 Å². The number of thiophene rings is 1. The van der Waals surface area contributed by atoms with Gasteiger partial charge in [-0.1, -0.05) is 25.1 Å². The number of aromatic nitrogens is 3. The fraction of sp³-hybridized carbons (Fsp3) is 0.455. The topological polar surface area (TPSA) is 96.7 Å². The second-order valence-corrected chi connectivity index (χ2v) is 9.61. The van der Waals surface area contributed by atoms with E-state index in [4.69, 9.17) is 4.42 Å². The van der Waals surface area contributed by atoms with Gasteiger partial charge >= 0.3 is 0 Å². The molecular formula is C22H25N5O2S2. The van der Waals surface area contributed by atoms with E-state index in [9.17, 15) is 10.1 Å². The van der Waals surface area contributed by atoms with Crippen molar-refractivity contribution in [2.75, 3.05) is 11.1 Å². The molecule has 1 amide bonds. The molecule has 0 bridgehead atoms. The summed E-state index contributed by atoms with van der Waals surface area (Å²) in [5, 5.41) is 22.7. The molecule has 4 rings (SSSR count). The Morgan fingerprint density at radius 3 is 2.94 bits per heavy atom. The molecule has 162 valence electrons. The molecule has 7 nitrogen and oxygen atoms in total. The molecular weight excluding hydrogens is 430 g/mol. The molecule has 3 aromatic rings. The molecule has 31 heavy (non-hydrogen) atoms. The van der Waals surface area contributed by atoms with E-state index in [1.807, 2.05) is 17.6 Å². The van der Waals surface area contributed by atoms with E-state index in [-0.39, 0.29) is 11.7 Å². The number of nitrogens with one attached hydrogen (secondary N) is 1. The van der Waals surface area contributed by atoms with Crippen LogP contribution < -0.4 is 5.32 Å². The van der Waals surface area contributed by atoms with E-state index in [1.54, 1.807) is 17.6 Å². The first-order valence-corrected chi connectivity index (χ1v) is 12.4. The first kappa shape index (κ1) is 21.7. The largest absolute Gasteiger partial charge is 0.469 e. The predicted molar refractivity (Wildman–Crippen MR) is 122 cm³/mol. The summed E-state index contributed by atoms with van der Waals surface area (Å²) in [6.45, 7) is 4.75. The maximum Gasteiger partial charge on any atom is 0.235 e. The Bertz CT molecular complexity index is 1120. The quantitative estimate of drug-likeness (QED) is 0.389. The summed E-state index contributed by atoms with van der Waals surface area (Å²) in [4.78, 5) is 13.9. The van der Waals surface area contributed by atoms with Gasteiger partial charge in [-0.25, -0.2) is 0 Å². The number of aryl methyl sites for hydroxylation is 2. The number of rotatable bonds is 7. The highest BCUT2D eigenvalue weighted by Crippen LogP contribution is 2.37. The zero-order valence-corrected chi connectivity index (χ0v) is 19.4. The minimum absolute atomic E-state index is 0.134. The molecule has 3 heterocycles. The van der Waals surface area contributed by atoms with Crippen LogP contribution in [0, 0.1) is 18.3 Å². The lowest BCUT2D eigenvalue weighted by atomic mass is 10.1. The number of anilines is 1. The van der Waals surface area contributed by atoms with Crippen LogP contribution in [-0.4, -0.2) is 26.4 Å². The number of carbonyl (C=O) groups is 1. The van der Waals surface area contributed by atoms with Crippen molar-refractivity contribution < 1.29 is 9.21 Å². The third kappa shape index (κ3) is 4.55. The molecule has 0 unspecified atom stereocenters. The van der Waals surface area contributed by atoms with Crippen molar-refractivity contribution in [3.63, 3.8) is 0 Å². The molecule has 1 aliphatic rings. The van der Waals surface area contributed by atoms with Crippen LogP contribution in [0.2, 0.25) is 0 Å². The van der Waals surface area contributed by atoms with Crippen LogP contribution in [-0.2, 0) is 24.2 Å². The van der Waals surface area contributed by atoms with Crippen molar-refractivity contribution in [3.05, 3.63) is 34.1 Å². The van der Waals surface area contributed by atoms with E-state index in [2.05, 4.69) is 28.5 Å². The van der Waals surface area contributed by atoms with Gasteiger partial charge in [0.2, 0.25) is 5.91 Å². The molecule has 0 spiro atoms. The van der Waals surface area contributed by atoms with Crippen molar-refractivity contribution in [1.29, 1.82) is 5.26 Å². The Labute approximate surface area is 189 Å². The van der Waals surface area contributed by atoms with Crippen LogP contribution in [0.15, 0.2) is 21.9 Å². The summed E-state index contributed by atoms with van der Waals surface area (Å²) in [7, 11) is 0. The molecule has 0 fully saturated rings. The van der Waals surface area contributed by atoms with E-state index >= 15 is 0 Å². The molecule has 9 heteroatoms. The average Bonchev–Trinajstić information content (AvgIpc) is 3.39. The van der Waals surface area contributed by atoms with Crippen molar-refractivity contribution in [2.45, 2.75) is 64.1 Å². The highest BCUT2D eigenvalue weighted by molar-refractivity contribution is 7.99. The normalized spacial score (nSPS) is 13.5. The van der Waals surface area contributed by atoms with Gasteiger partial charge in [0, 0.05) is 11.4 Å². The Morgan fingerprint density at radius 2 is 2.19 bits per heavy atom. The summed E-state index contributed by atoms with van der Waals surface area (Å²) in [5.74, 6) is 1.62. The molecule has 1 aliphatic carbocycles. The van der Waals surface area contributed by atoms with Crippen LogP contribution in [0.5, 0.6) is 0 Å². The standard InChI is InChI=1S/C22H25N5O2S2/c1-3-10-27-20(15-9-11-29-14(15)2)25-26-22(27)30-13-19(28)24-21-17(12-23)16-7-5-4-6-8-18(16)31-21/h9,11H,3-8,10,13H2,1-2H3,(H,24,28). The lowest BCUT2D eigenvalue weighted by Crippen LogP contribution is -2.14. The fourth-order valence-corrected chi connectivity index (χ4v) is 5.90. The molecule has 0 aromatic carbocycles. The van der Waals surface area contributed by atoms with Crippen LogP contribution in [0.3, 0.4) is 0 Å². The molecule has 1 N–H and O–H groups in total. The lowest BCUT2D eigenvalue weighted by Gasteiger charge is -2.08. The smallest absolute Gasteiger partial charge is 0.235 e. The molecule has 0 saturated carbocycles. The Balaban J connectivity index is 1.47. The third-order valence-corrected chi connectivity index (χ3v) is 7.56. The first-order chi connectivity index (χ1) is 15.1. The van der Waals surface area contributed by atoms with Gasteiger partial charge in [-0.3, -0.25) is 4.79 Å². The number of nitrogens with zero attached hydrogens (tertiary/aromatic N) is 4. The highest BCUT2D eigenvalue weighted by Gasteiger charge is 2.22. The van der Waals surface area contributed by atoms with Crippen molar-refractivity contribution in [3.8, 4) is 17.5 Å². The van der Waals surface area contributed by atoms with Gasteiger partial charge in [0.1, 0.15) is 16.8 Å². The van der Waals surface area contributed by atoms with E-state index in [0.717, 1.165) is 61.4 Å². The van der Waals surface area contributed by atoms with E-state index < -0.39 is 0 Å². The summed E-state index contributed by atoms with van der Waals surface area (Å²) >= 11 is 2.92. The van der Waals surface area contributed by atoms with Crippen LogP contribution in [0.4, 0.5) is 5.00 Å². The maximum absolute atomic E-state index is 12.7. The molecule has 0 atom stereocenters. The van der Waals surface area contributed by atoms with Crippen LogP contribution in [0.25, 0.3) is 11.4 Å². The number of thioether (sulfide) groups is 1. The fourth-order valence-electron chi connectivity index (χ4n) is 3.88. The number of nitriles is 1. The zero-order valence-electron chi connectivity index (χ0n) is 17.7. The number of furan rings is 1. The average molecular weight is 456 g/mol. The summed E-state index contributed by atoms with van der Waals surface area (Å²) in [5.41, 5.74) is 2.69. The number of fused-ring (bicyclic) bond motifs is 1. The summed E-state index contributed by atoms with van der Waals surface area (Å²) in [6, 6.07) is 4.20. The first-order valence-electron chi connectivity index (χ1n) is 10.6. The summed E-state index contributed by atoms with van der Waals surface area (Å²) in [6.07, 6.45) is 7.94. The van der Waals surface area contributed by atoms with Gasteiger partial charge in [-0.05, 0) is 50.7 Å². The molecule has 0 aliphatic heterocycles. The highest BCUT2D eigenvalue weighted by atomic mass is 32.2. The van der Waals surface area contributed by atoms with Gasteiger partial charge in [-0.2, -0.15) is 5.26 Å². The van der Waals surface area contributed by atoms with Crippen molar-refractivity contribution in [2.24, 2.45) is 0 Å².